The van der Waals surface area contributed by atoms with Gasteiger partial charge in [-0.15, -0.1) is 0 Å². The summed E-state index contributed by atoms with van der Waals surface area (Å²) < 4.78 is 45.1. The number of hydrogen-bond acceptors (Lipinski definition) is 10. The molecule has 216 valence electrons. The second kappa shape index (κ2) is 10.9. The van der Waals surface area contributed by atoms with Gasteiger partial charge in [0.05, 0.1) is 16.6 Å². The minimum Gasteiger partial charge on any atom is -0.462 e. The van der Waals surface area contributed by atoms with E-state index in [9.17, 15) is 18.0 Å². The number of fused-ring (bicyclic) bond motifs is 1. The summed E-state index contributed by atoms with van der Waals surface area (Å²) >= 11 is 0. The molecule has 1 N–H and O–H groups in total. The second-order valence-electron chi connectivity index (χ2n) is 11.9. The van der Waals surface area contributed by atoms with Crippen LogP contribution < -0.4 is 5.32 Å². The smallest absolute Gasteiger partial charge is 0.311 e. The Hall–Kier alpha value is -3.42. The van der Waals surface area contributed by atoms with Gasteiger partial charge in [-0.1, -0.05) is 38.5 Å². The third kappa shape index (κ3) is 6.48. The minimum atomic E-state index is -4.15. The molecule has 2 aromatic heterocycles. The standard InChI is InChI=1S/C27H35N5O7S/c1-16-8-10-17(11-9-16)40(35,36)39-18-12-20(38-19(18)13-37-25(34)27(5,6)7)32-15-30-21-22(28-14-29-23(21)32)31-24(33)26(2,3)4/h8-11,14-15,18-20H,12-13H2,1-7H3,(H,28,29,31,33)/t18-,19+,20+/m0/s1. The molecule has 3 atom stereocenters. The van der Waals surface area contributed by atoms with Crippen molar-refractivity contribution in [3.63, 3.8) is 0 Å². The number of aromatic nitrogens is 4. The molecule has 0 aliphatic carbocycles. The quantitative estimate of drug-likeness (QED) is 0.327. The van der Waals surface area contributed by atoms with Gasteiger partial charge >= 0.3 is 5.97 Å². The molecule has 12 nitrogen and oxygen atoms in total. The Morgan fingerprint density at radius 1 is 1.05 bits per heavy atom. The average molecular weight is 574 g/mol. The van der Waals surface area contributed by atoms with Crippen molar-refractivity contribution in [2.24, 2.45) is 10.8 Å². The third-order valence-corrected chi connectivity index (χ3v) is 7.66. The van der Waals surface area contributed by atoms with Crippen molar-refractivity contribution in [1.82, 2.24) is 19.5 Å². The van der Waals surface area contributed by atoms with Gasteiger partial charge in [0.15, 0.2) is 17.0 Å². The van der Waals surface area contributed by atoms with Crippen molar-refractivity contribution in [1.29, 1.82) is 0 Å². The number of amides is 1. The van der Waals surface area contributed by atoms with Gasteiger partial charge < -0.3 is 14.8 Å². The van der Waals surface area contributed by atoms with Crippen molar-refractivity contribution in [2.75, 3.05) is 11.9 Å². The van der Waals surface area contributed by atoms with Crippen LogP contribution in [0.15, 0.2) is 41.8 Å². The highest BCUT2D eigenvalue weighted by Crippen LogP contribution is 2.35. The lowest BCUT2D eigenvalue weighted by molar-refractivity contribution is -0.158. The fourth-order valence-corrected chi connectivity index (χ4v) is 4.98. The number of carbonyl (C=O) groups is 2. The van der Waals surface area contributed by atoms with Gasteiger partial charge in [-0.3, -0.25) is 18.3 Å². The molecular weight excluding hydrogens is 538 g/mol. The molecule has 3 heterocycles. The van der Waals surface area contributed by atoms with Crippen LogP contribution in [0.3, 0.4) is 0 Å². The largest absolute Gasteiger partial charge is 0.462 e. The fourth-order valence-electron chi connectivity index (χ4n) is 3.87. The van der Waals surface area contributed by atoms with Gasteiger partial charge in [0, 0.05) is 11.8 Å². The van der Waals surface area contributed by atoms with Crippen molar-refractivity contribution >= 4 is 39.0 Å². The molecule has 0 radical (unpaired) electrons. The maximum atomic E-state index is 13.1. The van der Waals surface area contributed by atoms with E-state index in [2.05, 4.69) is 20.3 Å². The first-order chi connectivity index (χ1) is 18.6. The zero-order valence-electron chi connectivity index (χ0n) is 23.7. The predicted molar refractivity (Wildman–Crippen MR) is 146 cm³/mol. The summed E-state index contributed by atoms with van der Waals surface area (Å²) in [6.45, 7) is 12.1. The Kier molecular flexibility index (Phi) is 8.03. The van der Waals surface area contributed by atoms with Crippen LogP contribution in [-0.4, -0.2) is 58.6 Å². The predicted octanol–water partition coefficient (Wildman–Crippen LogP) is 3.77. The number of nitrogens with one attached hydrogen (secondary N) is 1. The van der Waals surface area contributed by atoms with Gasteiger partial charge in [0.25, 0.3) is 10.1 Å². The molecule has 40 heavy (non-hydrogen) atoms. The van der Waals surface area contributed by atoms with E-state index in [0.29, 0.717) is 11.2 Å². The van der Waals surface area contributed by atoms with Crippen LogP contribution in [0.2, 0.25) is 0 Å². The Morgan fingerprint density at radius 2 is 1.73 bits per heavy atom. The van der Waals surface area contributed by atoms with Crippen molar-refractivity contribution in [3.05, 3.63) is 42.5 Å². The van der Waals surface area contributed by atoms with E-state index in [0.717, 1.165) is 5.56 Å². The van der Waals surface area contributed by atoms with E-state index in [1.165, 1.54) is 24.8 Å². The van der Waals surface area contributed by atoms with Crippen LogP contribution in [-0.2, 0) is 33.4 Å². The summed E-state index contributed by atoms with van der Waals surface area (Å²) in [5, 5.41) is 2.78. The lowest BCUT2D eigenvalue weighted by Gasteiger charge is -2.22. The molecule has 3 aromatic rings. The van der Waals surface area contributed by atoms with Crippen LogP contribution in [0.1, 0.15) is 59.8 Å². The molecule has 1 aliphatic rings. The Labute approximate surface area is 233 Å². The van der Waals surface area contributed by atoms with E-state index >= 15 is 0 Å². The molecule has 4 rings (SSSR count). The summed E-state index contributed by atoms with van der Waals surface area (Å²) in [5.74, 6) is -0.457. The van der Waals surface area contributed by atoms with Gasteiger partial charge in [-0.2, -0.15) is 8.42 Å². The number of rotatable bonds is 7. The van der Waals surface area contributed by atoms with Gasteiger partial charge in [-0.05, 0) is 39.8 Å². The highest BCUT2D eigenvalue weighted by atomic mass is 32.2. The molecule has 0 unspecified atom stereocenters. The lowest BCUT2D eigenvalue weighted by atomic mass is 9.96. The monoisotopic (exact) mass is 573 g/mol. The highest BCUT2D eigenvalue weighted by molar-refractivity contribution is 7.86. The summed E-state index contributed by atoms with van der Waals surface area (Å²) in [4.78, 5) is 37.9. The molecule has 1 amide bonds. The van der Waals surface area contributed by atoms with Gasteiger partial charge in [-0.25, -0.2) is 15.0 Å². The first-order valence-corrected chi connectivity index (χ1v) is 14.3. The molecule has 0 saturated carbocycles. The molecule has 0 spiro atoms. The summed E-state index contributed by atoms with van der Waals surface area (Å²) in [6.07, 6.45) is 0.266. The zero-order valence-corrected chi connectivity index (χ0v) is 24.5. The van der Waals surface area contributed by atoms with Crippen LogP contribution in [0.4, 0.5) is 5.82 Å². The van der Waals surface area contributed by atoms with Crippen molar-refractivity contribution in [2.45, 2.75) is 78.2 Å². The first-order valence-electron chi connectivity index (χ1n) is 12.9. The lowest BCUT2D eigenvalue weighted by Crippen LogP contribution is -2.34. The Bertz CT molecular complexity index is 1500. The molecule has 1 aromatic carbocycles. The summed E-state index contributed by atoms with van der Waals surface area (Å²) in [5.41, 5.74) is 0.211. The average Bonchev–Trinajstić information content (AvgIpc) is 3.45. The van der Waals surface area contributed by atoms with Gasteiger partial charge in [0.2, 0.25) is 5.91 Å². The van der Waals surface area contributed by atoms with Crippen LogP contribution in [0.25, 0.3) is 11.2 Å². The maximum absolute atomic E-state index is 13.1. The summed E-state index contributed by atoms with van der Waals surface area (Å²) in [7, 11) is -4.15. The number of aryl methyl sites for hydroxylation is 1. The highest BCUT2D eigenvalue weighted by Gasteiger charge is 2.42. The van der Waals surface area contributed by atoms with E-state index in [-0.39, 0.29) is 29.6 Å². The number of nitrogens with zero attached hydrogens (tertiary/aromatic N) is 4. The minimum absolute atomic E-state index is 0.00652. The SMILES string of the molecule is Cc1ccc(S(=O)(=O)O[C@H]2C[C@H](n3cnc4c(NC(=O)C(C)(C)C)ncnc43)O[C@@H]2COC(=O)C(C)(C)C)cc1. The number of carbonyl (C=O) groups excluding carboxylic acids is 2. The number of imidazole rings is 1. The number of esters is 1. The fraction of sp³-hybridized carbons (Fsp3) is 0.519. The molecule has 1 fully saturated rings. The van der Waals surface area contributed by atoms with Crippen molar-refractivity contribution in [3.8, 4) is 0 Å². The van der Waals surface area contributed by atoms with E-state index < -0.39 is 45.4 Å². The Morgan fingerprint density at radius 3 is 2.35 bits per heavy atom. The molecule has 1 saturated heterocycles. The van der Waals surface area contributed by atoms with E-state index in [1.54, 1.807) is 58.2 Å². The normalized spacial score (nSPS) is 20.0. The van der Waals surface area contributed by atoms with Crippen molar-refractivity contribution < 1.29 is 31.7 Å². The summed E-state index contributed by atoms with van der Waals surface area (Å²) in [6, 6.07) is 6.31. The zero-order chi connectivity index (χ0) is 29.5. The third-order valence-electron chi connectivity index (χ3n) is 6.31. The molecule has 13 heteroatoms. The molecule has 0 bridgehead atoms. The van der Waals surface area contributed by atoms with Crippen LogP contribution in [0.5, 0.6) is 0 Å². The van der Waals surface area contributed by atoms with Crippen LogP contribution >= 0.6 is 0 Å². The van der Waals surface area contributed by atoms with Crippen LogP contribution in [0, 0.1) is 17.8 Å². The van der Waals surface area contributed by atoms with E-state index in [4.69, 9.17) is 13.7 Å². The van der Waals surface area contributed by atoms with E-state index in [1.807, 2.05) is 6.92 Å². The number of benzene rings is 1. The topological polar surface area (TPSA) is 152 Å². The van der Waals surface area contributed by atoms with Gasteiger partial charge in [0.1, 0.15) is 31.4 Å². The molecular formula is C27H35N5O7S. The number of anilines is 1. The first kappa shape index (κ1) is 29.6. The second-order valence-corrected chi connectivity index (χ2v) is 13.4. The Balaban J connectivity index is 1.62. The maximum Gasteiger partial charge on any atom is 0.311 e. The number of ether oxygens (including phenoxy) is 2. The number of hydrogen-bond donors (Lipinski definition) is 1. The molecule has 1 aliphatic heterocycles.